The molecule has 2 saturated carbocycles. The predicted octanol–water partition coefficient (Wildman–Crippen LogP) is 1.48. The van der Waals surface area contributed by atoms with Crippen LogP contribution in [-0.4, -0.2) is 38.9 Å². The minimum Gasteiger partial charge on any atom is -0.352 e. The fourth-order valence-corrected chi connectivity index (χ4v) is 3.94. The third-order valence-corrected chi connectivity index (χ3v) is 5.57. The molecule has 2 amide bonds. The zero-order chi connectivity index (χ0) is 16.0. The Bertz CT molecular complexity index is 620. The second kappa shape index (κ2) is 5.65. The van der Waals surface area contributed by atoms with Gasteiger partial charge in [0.25, 0.3) is 0 Å². The molecule has 1 aromatic rings. The van der Waals surface area contributed by atoms with Gasteiger partial charge in [0, 0.05) is 18.2 Å². The number of imidazole rings is 1. The molecular weight excluding hydrogens is 292 g/mol. The second-order valence-electron chi connectivity index (χ2n) is 7.34. The summed E-state index contributed by atoms with van der Waals surface area (Å²) in [5.41, 5.74) is 0.949. The summed E-state index contributed by atoms with van der Waals surface area (Å²) in [6.07, 6.45) is 8.98. The smallest absolute Gasteiger partial charge is 0.245 e. The summed E-state index contributed by atoms with van der Waals surface area (Å²) in [5.74, 6) is 0.865. The van der Waals surface area contributed by atoms with E-state index in [1.807, 2.05) is 9.47 Å². The van der Waals surface area contributed by atoms with E-state index in [9.17, 15) is 9.59 Å². The first kappa shape index (κ1) is 14.7. The molecule has 23 heavy (non-hydrogen) atoms. The molecule has 3 atom stereocenters. The molecule has 0 bridgehead atoms. The van der Waals surface area contributed by atoms with Gasteiger partial charge in [0.05, 0.1) is 25.1 Å². The summed E-state index contributed by atoms with van der Waals surface area (Å²) in [5, 5.41) is 3.17. The number of nitrogens with one attached hydrogen (secondary N) is 1. The number of fused-ring (bicyclic) bond motifs is 1. The number of hydrogen-bond acceptors (Lipinski definition) is 3. The monoisotopic (exact) mass is 316 g/mol. The molecule has 1 aromatic heterocycles. The molecule has 1 N–H and O–H groups in total. The largest absolute Gasteiger partial charge is 0.352 e. The number of nitrogens with zero attached hydrogens (tertiary/aromatic N) is 3. The fraction of sp³-hybridized carbons (Fsp3) is 0.706. The van der Waals surface area contributed by atoms with E-state index in [0.29, 0.717) is 25.0 Å². The average Bonchev–Trinajstić information content (AvgIpc) is 2.98. The molecule has 0 spiro atoms. The Hall–Kier alpha value is -1.85. The Morgan fingerprint density at radius 1 is 1.30 bits per heavy atom. The van der Waals surface area contributed by atoms with Crippen LogP contribution in [0.4, 0.5) is 0 Å². The maximum Gasteiger partial charge on any atom is 0.245 e. The fourth-order valence-electron chi connectivity index (χ4n) is 3.94. The van der Waals surface area contributed by atoms with Crippen molar-refractivity contribution in [3.05, 3.63) is 18.2 Å². The first-order valence-corrected chi connectivity index (χ1v) is 8.73. The molecule has 3 aliphatic rings. The van der Waals surface area contributed by atoms with Crippen LogP contribution in [-0.2, 0) is 16.1 Å². The molecule has 6 nitrogen and oxygen atoms in total. The van der Waals surface area contributed by atoms with E-state index in [2.05, 4.69) is 17.2 Å². The van der Waals surface area contributed by atoms with Crippen molar-refractivity contribution >= 4 is 11.8 Å². The van der Waals surface area contributed by atoms with E-state index in [0.717, 1.165) is 25.0 Å². The Morgan fingerprint density at radius 3 is 2.74 bits per heavy atom. The summed E-state index contributed by atoms with van der Waals surface area (Å²) in [6, 6.07) is -0.0520. The summed E-state index contributed by atoms with van der Waals surface area (Å²) in [6.45, 7) is 3.14. The normalized spacial score (nSPS) is 30.1. The lowest BCUT2D eigenvalue weighted by Gasteiger charge is -2.34. The van der Waals surface area contributed by atoms with Gasteiger partial charge in [-0.25, -0.2) is 4.98 Å². The molecule has 0 saturated heterocycles. The van der Waals surface area contributed by atoms with Crippen molar-refractivity contribution in [2.24, 2.45) is 11.8 Å². The van der Waals surface area contributed by atoms with Crippen LogP contribution in [0.5, 0.6) is 0 Å². The lowest BCUT2D eigenvalue weighted by molar-refractivity contribution is -0.136. The molecule has 4 rings (SSSR count). The van der Waals surface area contributed by atoms with Gasteiger partial charge in [0.15, 0.2) is 0 Å². The lowest BCUT2D eigenvalue weighted by atomic mass is 10.1. The van der Waals surface area contributed by atoms with Crippen LogP contribution in [0.15, 0.2) is 12.5 Å². The van der Waals surface area contributed by atoms with Crippen molar-refractivity contribution in [1.82, 2.24) is 19.8 Å². The van der Waals surface area contributed by atoms with Crippen LogP contribution in [0.2, 0.25) is 0 Å². The maximum absolute atomic E-state index is 12.7. The molecule has 0 radical (unpaired) electrons. The van der Waals surface area contributed by atoms with Crippen molar-refractivity contribution < 1.29 is 9.59 Å². The minimum absolute atomic E-state index is 0.0255. The van der Waals surface area contributed by atoms with Gasteiger partial charge in [-0.1, -0.05) is 19.8 Å². The highest BCUT2D eigenvalue weighted by Gasteiger charge is 2.44. The zero-order valence-corrected chi connectivity index (χ0v) is 13.6. The molecule has 1 aliphatic heterocycles. The third kappa shape index (κ3) is 2.75. The van der Waals surface area contributed by atoms with Crippen LogP contribution in [0, 0.1) is 11.8 Å². The van der Waals surface area contributed by atoms with Gasteiger partial charge in [-0.2, -0.15) is 0 Å². The highest BCUT2D eigenvalue weighted by Crippen LogP contribution is 2.40. The molecular formula is C17H24N4O2. The first-order chi connectivity index (χ1) is 11.1. The Balaban J connectivity index is 1.51. The summed E-state index contributed by atoms with van der Waals surface area (Å²) in [4.78, 5) is 31.3. The van der Waals surface area contributed by atoms with Gasteiger partial charge in [-0.15, -0.1) is 0 Å². The van der Waals surface area contributed by atoms with Crippen molar-refractivity contribution in [3.8, 4) is 0 Å². The topological polar surface area (TPSA) is 67.2 Å². The van der Waals surface area contributed by atoms with Crippen molar-refractivity contribution in [3.63, 3.8) is 0 Å². The van der Waals surface area contributed by atoms with Crippen LogP contribution >= 0.6 is 0 Å². The van der Waals surface area contributed by atoms with Crippen LogP contribution in [0.25, 0.3) is 0 Å². The van der Waals surface area contributed by atoms with Gasteiger partial charge in [0.2, 0.25) is 11.8 Å². The summed E-state index contributed by atoms with van der Waals surface area (Å²) < 4.78 is 1.93. The summed E-state index contributed by atoms with van der Waals surface area (Å²) >= 11 is 0. The van der Waals surface area contributed by atoms with Gasteiger partial charge in [-0.05, 0) is 25.2 Å². The van der Waals surface area contributed by atoms with Crippen LogP contribution in [0.1, 0.15) is 50.8 Å². The second-order valence-corrected chi connectivity index (χ2v) is 7.34. The van der Waals surface area contributed by atoms with Gasteiger partial charge in [-0.3, -0.25) is 9.59 Å². The molecule has 124 valence electrons. The van der Waals surface area contributed by atoms with Crippen LogP contribution < -0.4 is 5.32 Å². The van der Waals surface area contributed by atoms with Crippen molar-refractivity contribution in [2.75, 3.05) is 6.54 Å². The lowest BCUT2D eigenvalue weighted by Crippen LogP contribution is -2.48. The molecule has 2 aliphatic carbocycles. The maximum atomic E-state index is 12.7. The number of carbonyl (C=O) groups is 2. The highest BCUT2D eigenvalue weighted by molar-refractivity contribution is 5.85. The van der Waals surface area contributed by atoms with Crippen LogP contribution in [0.3, 0.4) is 0 Å². The third-order valence-electron chi connectivity index (χ3n) is 5.57. The number of aromatic nitrogens is 2. The zero-order valence-electron chi connectivity index (χ0n) is 13.6. The predicted molar refractivity (Wildman–Crippen MR) is 84.4 cm³/mol. The van der Waals surface area contributed by atoms with Gasteiger partial charge < -0.3 is 14.8 Å². The van der Waals surface area contributed by atoms with Gasteiger partial charge >= 0.3 is 0 Å². The Kier molecular flexibility index (Phi) is 3.62. The molecule has 6 heteroatoms. The first-order valence-electron chi connectivity index (χ1n) is 8.73. The van der Waals surface area contributed by atoms with E-state index >= 15 is 0 Å². The Morgan fingerprint density at radius 2 is 2.04 bits per heavy atom. The number of rotatable bonds is 3. The van der Waals surface area contributed by atoms with Crippen molar-refractivity contribution in [2.45, 2.75) is 57.7 Å². The summed E-state index contributed by atoms with van der Waals surface area (Å²) in [7, 11) is 0. The Labute approximate surface area is 136 Å². The molecule has 0 aromatic carbocycles. The molecule has 2 fully saturated rings. The van der Waals surface area contributed by atoms with E-state index in [1.165, 1.54) is 12.8 Å². The van der Waals surface area contributed by atoms with Crippen molar-refractivity contribution in [1.29, 1.82) is 0 Å². The quantitative estimate of drug-likeness (QED) is 0.918. The van der Waals surface area contributed by atoms with E-state index in [1.54, 1.807) is 12.5 Å². The van der Waals surface area contributed by atoms with E-state index in [-0.39, 0.29) is 23.8 Å². The number of amides is 2. The SMILES string of the molecule is C[C@@H]1C[C@@H]1C(=O)N1Cc2cncn2[C@H](C(=O)NC2CCCC2)C1. The standard InChI is InChI=1S/C17H24N4O2/c1-11-6-14(11)17(23)20-8-13-7-18-10-21(13)15(9-20)16(22)19-12-4-2-3-5-12/h7,10-12,14-15H,2-6,8-9H2,1H3,(H,19,22)/t11-,14+,15+/m1/s1. The minimum atomic E-state index is -0.347. The molecule has 2 heterocycles. The number of carbonyl (C=O) groups excluding carboxylic acids is 2. The van der Waals surface area contributed by atoms with E-state index < -0.39 is 0 Å². The van der Waals surface area contributed by atoms with Gasteiger partial charge in [0.1, 0.15) is 6.04 Å². The molecule has 0 unspecified atom stereocenters. The average molecular weight is 316 g/mol. The van der Waals surface area contributed by atoms with E-state index in [4.69, 9.17) is 0 Å². The highest BCUT2D eigenvalue weighted by atomic mass is 16.2. The number of hydrogen-bond donors (Lipinski definition) is 1.